The summed E-state index contributed by atoms with van der Waals surface area (Å²) in [5.74, 6) is -0.220. The fraction of sp³-hybridized carbons (Fsp3) is 0.250. The summed E-state index contributed by atoms with van der Waals surface area (Å²) >= 11 is 0. The number of nitrogens with one attached hydrogen (secondary N) is 1. The van der Waals surface area contributed by atoms with Gasteiger partial charge in [0.2, 0.25) is 5.91 Å². The zero-order valence-corrected chi connectivity index (χ0v) is 12.5. The molecule has 0 bridgehead atoms. The van der Waals surface area contributed by atoms with Gasteiger partial charge in [0.15, 0.2) is 0 Å². The van der Waals surface area contributed by atoms with Gasteiger partial charge >= 0.3 is 5.69 Å². The van der Waals surface area contributed by atoms with Gasteiger partial charge in [0.25, 0.3) is 0 Å². The van der Waals surface area contributed by atoms with Crippen LogP contribution in [0.3, 0.4) is 0 Å². The second-order valence-corrected chi connectivity index (χ2v) is 4.96. The van der Waals surface area contributed by atoms with Crippen molar-refractivity contribution < 1.29 is 4.79 Å². The minimum Gasteiger partial charge on any atom is -0.326 e. The van der Waals surface area contributed by atoms with E-state index in [0.717, 1.165) is 5.69 Å². The minimum atomic E-state index is -0.350. The number of rotatable bonds is 4. The van der Waals surface area contributed by atoms with Crippen LogP contribution in [0.25, 0.3) is 0 Å². The normalized spacial score (nSPS) is 10.0. The average Bonchev–Trinajstić information content (AvgIpc) is 2.46. The average molecular weight is 296 g/mol. The highest BCUT2D eigenvalue weighted by atomic mass is 16.2. The van der Waals surface area contributed by atoms with Crippen molar-refractivity contribution in [2.75, 3.05) is 5.32 Å². The van der Waals surface area contributed by atoms with Crippen LogP contribution in [0.4, 0.5) is 5.69 Å². The van der Waals surface area contributed by atoms with E-state index in [1.807, 2.05) is 13.0 Å². The highest BCUT2D eigenvalue weighted by molar-refractivity contribution is 5.90. The Balaban J connectivity index is 2.02. The molecule has 2 aromatic rings. The number of aromatic nitrogens is 2. The van der Waals surface area contributed by atoms with E-state index in [4.69, 9.17) is 5.26 Å². The van der Waals surface area contributed by atoms with Gasteiger partial charge in [0, 0.05) is 30.0 Å². The number of hydrogen-bond donors (Lipinski definition) is 1. The summed E-state index contributed by atoms with van der Waals surface area (Å²) in [6, 6.07) is 10.5. The molecule has 0 atom stereocenters. The van der Waals surface area contributed by atoms with Crippen molar-refractivity contribution in [1.82, 2.24) is 9.55 Å². The lowest BCUT2D eigenvalue weighted by molar-refractivity contribution is -0.116. The summed E-state index contributed by atoms with van der Waals surface area (Å²) in [6.07, 6.45) is 0.155. The third-order valence-corrected chi connectivity index (χ3v) is 3.18. The van der Waals surface area contributed by atoms with Gasteiger partial charge in [-0.15, -0.1) is 0 Å². The molecule has 1 N–H and O–H groups in total. The van der Waals surface area contributed by atoms with E-state index in [2.05, 4.69) is 10.3 Å². The Kier molecular flexibility index (Phi) is 4.69. The number of nitrogens with zero attached hydrogens (tertiary/aromatic N) is 3. The molecule has 0 saturated carbocycles. The molecule has 0 aliphatic rings. The van der Waals surface area contributed by atoms with Crippen molar-refractivity contribution in [2.24, 2.45) is 0 Å². The van der Waals surface area contributed by atoms with Crippen LogP contribution in [0.2, 0.25) is 0 Å². The number of amides is 1. The second-order valence-electron chi connectivity index (χ2n) is 4.96. The molecule has 22 heavy (non-hydrogen) atoms. The van der Waals surface area contributed by atoms with Gasteiger partial charge in [0.1, 0.15) is 0 Å². The molecule has 0 aliphatic heterocycles. The predicted octanol–water partition coefficient (Wildman–Crippen LogP) is 1.76. The van der Waals surface area contributed by atoms with Crippen molar-refractivity contribution in [3.05, 3.63) is 57.8 Å². The molecule has 2 rings (SSSR count). The quantitative estimate of drug-likeness (QED) is 0.931. The molecule has 1 aromatic carbocycles. The maximum Gasteiger partial charge on any atom is 0.347 e. The third kappa shape index (κ3) is 3.79. The Morgan fingerprint density at radius 1 is 1.36 bits per heavy atom. The second kappa shape index (κ2) is 6.68. The number of benzene rings is 1. The summed E-state index contributed by atoms with van der Waals surface area (Å²) < 4.78 is 1.47. The van der Waals surface area contributed by atoms with E-state index in [9.17, 15) is 9.59 Å². The number of carbonyl (C=O) groups excluding carboxylic acids is 1. The largest absolute Gasteiger partial charge is 0.347 e. The van der Waals surface area contributed by atoms with E-state index in [1.165, 1.54) is 4.57 Å². The number of hydrogen-bond acceptors (Lipinski definition) is 4. The van der Waals surface area contributed by atoms with Crippen LogP contribution >= 0.6 is 0 Å². The van der Waals surface area contributed by atoms with Gasteiger partial charge in [0.05, 0.1) is 11.6 Å². The smallest absolute Gasteiger partial charge is 0.326 e. The number of aryl methyl sites for hydroxylation is 2. The fourth-order valence-electron chi connectivity index (χ4n) is 2.15. The first-order valence-electron chi connectivity index (χ1n) is 6.84. The molecule has 112 valence electrons. The van der Waals surface area contributed by atoms with E-state index >= 15 is 0 Å². The van der Waals surface area contributed by atoms with Gasteiger partial charge in [-0.25, -0.2) is 4.79 Å². The maximum absolute atomic E-state index is 11.9. The van der Waals surface area contributed by atoms with Gasteiger partial charge in [-0.2, -0.15) is 10.2 Å². The van der Waals surface area contributed by atoms with Gasteiger partial charge in [-0.05, 0) is 38.1 Å². The highest BCUT2D eigenvalue weighted by Crippen LogP contribution is 2.10. The number of anilines is 1. The molecule has 1 heterocycles. The van der Waals surface area contributed by atoms with Crippen molar-refractivity contribution in [3.8, 4) is 6.07 Å². The van der Waals surface area contributed by atoms with Crippen molar-refractivity contribution in [2.45, 2.75) is 26.8 Å². The molecule has 0 radical (unpaired) electrons. The molecule has 1 aromatic heterocycles. The monoisotopic (exact) mass is 296 g/mol. The first-order chi connectivity index (χ1) is 10.5. The zero-order valence-electron chi connectivity index (χ0n) is 12.5. The van der Waals surface area contributed by atoms with Crippen LogP contribution in [-0.2, 0) is 11.3 Å². The lowest BCUT2D eigenvalue weighted by atomic mass is 10.2. The van der Waals surface area contributed by atoms with Crippen molar-refractivity contribution in [3.63, 3.8) is 0 Å². The highest BCUT2D eigenvalue weighted by Gasteiger charge is 2.07. The summed E-state index contributed by atoms with van der Waals surface area (Å²) in [4.78, 5) is 27.6. The summed E-state index contributed by atoms with van der Waals surface area (Å²) in [7, 11) is 0. The minimum absolute atomic E-state index is 0.155. The van der Waals surface area contributed by atoms with Crippen LogP contribution in [0.5, 0.6) is 0 Å². The van der Waals surface area contributed by atoms with Crippen LogP contribution in [-0.4, -0.2) is 15.5 Å². The van der Waals surface area contributed by atoms with Crippen LogP contribution in [0.15, 0.2) is 35.1 Å². The lowest BCUT2D eigenvalue weighted by Gasteiger charge is -2.10. The third-order valence-electron chi connectivity index (χ3n) is 3.18. The van der Waals surface area contributed by atoms with Crippen LogP contribution < -0.4 is 11.0 Å². The Morgan fingerprint density at radius 2 is 2.14 bits per heavy atom. The molecule has 6 heteroatoms. The van der Waals surface area contributed by atoms with E-state index in [0.29, 0.717) is 16.9 Å². The van der Waals surface area contributed by atoms with Crippen molar-refractivity contribution in [1.29, 1.82) is 5.26 Å². The summed E-state index contributed by atoms with van der Waals surface area (Å²) in [5.41, 5.74) is 2.13. The van der Waals surface area contributed by atoms with E-state index < -0.39 is 0 Å². The Labute approximate surface area is 128 Å². The SMILES string of the molecule is Cc1cc(C)n(CCC(=O)Nc2cccc(C#N)c2)c(=O)n1. The topological polar surface area (TPSA) is 87.8 Å². The van der Waals surface area contributed by atoms with Gasteiger partial charge in [-0.1, -0.05) is 6.07 Å². The molecule has 0 saturated heterocycles. The van der Waals surface area contributed by atoms with Gasteiger partial charge in [-0.3, -0.25) is 9.36 Å². The van der Waals surface area contributed by atoms with Gasteiger partial charge < -0.3 is 5.32 Å². The lowest BCUT2D eigenvalue weighted by Crippen LogP contribution is -2.27. The van der Waals surface area contributed by atoms with Crippen LogP contribution in [0, 0.1) is 25.2 Å². The maximum atomic E-state index is 11.9. The molecule has 0 fully saturated rings. The molecule has 0 unspecified atom stereocenters. The Morgan fingerprint density at radius 3 is 2.82 bits per heavy atom. The Bertz CT molecular complexity index is 803. The molecular weight excluding hydrogens is 280 g/mol. The predicted molar refractivity (Wildman–Crippen MR) is 82.4 cm³/mol. The zero-order chi connectivity index (χ0) is 16.1. The first kappa shape index (κ1) is 15.4. The molecule has 1 amide bonds. The number of carbonyl (C=O) groups is 1. The van der Waals surface area contributed by atoms with Crippen LogP contribution in [0.1, 0.15) is 23.4 Å². The molecule has 6 nitrogen and oxygen atoms in total. The number of nitriles is 1. The van der Waals surface area contributed by atoms with Crippen molar-refractivity contribution >= 4 is 11.6 Å². The fourth-order valence-corrected chi connectivity index (χ4v) is 2.15. The van der Waals surface area contributed by atoms with E-state index in [1.54, 1.807) is 37.3 Å². The Hall–Kier alpha value is -2.94. The summed E-state index contributed by atoms with van der Waals surface area (Å²) in [5, 5.41) is 11.5. The standard InChI is InChI=1S/C16H16N4O2/c1-11-8-12(2)20(16(22)18-11)7-6-15(21)19-14-5-3-4-13(9-14)10-17/h3-5,8-9H,6-7H2,1-2H3,(H,19,21). The molecule has 0 aliphatic carbocycles. The molecule has 0 spiro atoms. The van der Waals surface area contributed by atoms with E-state index in [-0.39, 0.29) is 24.6 Å². The molecular formula is C16H16N4O2. The first-order valence-corrected chi connectivity index (χ1v) is 6.84. The summed E-state index contributed by atoms with van der Waals surface area (Å²) in [6.45, 7) is 3.83.